The summed E-state index contributed by atoms with van der Waals surface area (Å²) in [5, 5.41) is 11.4. The van der Waals surface area contributed by atoms with E-state index in [2.05, 4.69) is 10.3 Å². The minimum atomic E-state index is -0.276. The third kappa shape index (κ3) is 3.12. The number of aromatic nitrogens is 1. The number of nitrogens with one attached hydrogen (secondary N) is 2. The Kier molecular flexibility index (Phi) is 3.96. The second-order valence-electron chi connectivity index (χ2n) is 4.35. The van der Waals surface area contributed by atoms with Crippen molar-refractivity contribution in [2.45, 2.75) is 13.5 Å². The molecule has 1 amide bonds. The van der Waals surface area contributed by atoms with Crippen LogP contribution in [0.15, 0.2) is 36.5 Å². The number of hydrogen-bond donors (Lipinski definition) is 2. The SMILES string of the molecule is CC(=O)c1c[nH]c(C(=O)NCc2ccc(C#N)cc2)c1. The molecule has 0 fully saturated rings. The first-order valence-electron chi connectivity index (χ1n) is 6.07. The topological polar surface area (TPSA) is 85.8 Å². The fourth-order valence-corrected chi connectivity index (χ4v) is 1.70. The number of amides is 1. The summed E-state index contributed by atoms with van der Waals surface area (Å²) >= 11 is 0. The van der Waals surface area contributed by atoms with Gasteiger partial charge in [0.25, 0.3) is 5.91 Å². The highest BCUT2D eigenvalue weighted by atomic mass is 16.2. The second kappa shape index (κ2) is 5.85. The molecule has 0 saturated heterocycles. The Labute approximate surface area is 116 Å². The first-order valence-corrected chi connectivity index (χ1v) is 6.07. The Morgan fingerprint density at radius 3 is 2.55 bits per heavy atom. The summed E-state index contributed by atoms with van der Waals surface area (Å²) in [6.07, 6.45) is 1.51. The molecule has 5 heteroatoms. The summed E-state index contributed by atoms with van der Waals surface area (Å²) in [6, 6.07) is 10.5. The molecule has 1 heterocycles. The number of carbonyl (C=O) groups is 2. The number of carbonyl (C=O) groups excluding carboxylic acids is 2. The smallest absolute Gasteiger partial charge is 0.267 e. The minimum absolute atomic E-state index is 0.0904. The number of hydrogen-bond acceptors (Lipinski definition) is 3. The molecule has 100 valence electrons. The predicted octanol–water partition coefficient (Wildman–Crippen LogP) is 2.02. The molecule has 1 aromatic heterocycles. The number of benzene rings is 1. The Balaban J connectivity index is 1.97. The Morgan fingerprint density at radius 1 is 1.30 bits per heavy atom. The van der Waals surface area contributed by atoms with E-state index < -0.39 is 0 Å². The molecule has 1 aromatic carbocycles. The number of ketones is 1. The van der Waals surface area contributed by atoms with Crippen LogP contribution < -0.4 is 5.32 Å². The summed E-state index contributed by atoms with van der Waals surface area (Å²) in [4.78, 5) is 25.8. The normalized spacial score (nSPS) is 9.80. The summed E-state index contributed by atoms with van der Waals surface area (Å²) in [7, 11) is 0. The van der Waals surface area contributed by atoms with Gasteiger partial charge >= 0.3 is 0 Å². The number of nitrogens with zero attached hydrogens (tertiary/aromatic N) is 1. The van der Waals surface area contributed by atoms with Crippen molar-refractivity contribution in [2.75, 3.05) is 0 Å². The van der Waals surface area contributed by atoms with Gasteiger partial charge in [0.05, 0.1) is 11.6 Å². The zero-order valence-electron chi connectivity index (χ0n) is 10.9. The molecule has 5 nitrogen and oxygen atoms in total. The molecule has 2 aromatic rings. The van der Waals surface area contributed by atoms with Gasteiger partial charge in [-0.3, -0.25) is 9.59 Å². The summed E-state index contributed by atoms with van der Waals surface area (Å²) < 4.78 is 0. The van der Waals surface area contributed by atoms with Gasteiger partial charge in [0.2, 0.25) is 0 Å². The van der Waals surface area contributed by atoms with Crippen LogP contribution in [0, 0.1) is 11.3 Å². The molecule has 2 N–H and O–H groups in total. The van der Waals surface area contributed by atoms with Gasteiger partial charge in [-0.15, -0.1) is 0 Å². The van der Waals surface area contributed by atoms with Crippen molar-refractivity contribution in [1.82, 2.24) is 10.3 Å². The van der Waals surface area contributed by atoms with E-state index in [1.165, 1.54) is 19.2 Å². The lowest BCUT2D eigenvalue weighted by Crippen LogP contribution is -2.23. The van der Waals surface area contributed by atoms with E-state index in [0.29, 0.717) is 23.4 Å². The molecule has 0 spiro atoms. The first-order chi connectivity index (χ1) is 9.60. The van der Waals surface area contributed by atoms with E-state index in [9.17, 15) is 9.59 Å². The molecule has 0 radical (unpaired) electrons. The van der Waals surface area contributed by atoms with Crippen molar-refractivity contribution in [3.05, 3.63) is 58.9 Å². The van der Waals surface area contributed by atoms with Crippen LogP contribution in [-0.2, 0) is 6.54 Å². The Bertz CT molecular complexity index is 678. The molecule has 0 atom stereocenters. The number of Topliss-reactive ketones (excluding diaryl/α,β-unsaturated/α-hetero) is 1. The van der Waals surface area contributed by atoms with Crippen LogP contribution in [0.1, 0.15) is 38.9 Å². The highest BCUT2D eigenvalue weighted by molar-refractivity contribution is 5.99. The third-order valence-corrected chi connectivity index (χ3v) is 2.87. The molecular weight excluding hydrogens is 254 g/mol. The fourth-order valence-electron chi connectivity index (χ4n) is 1.70. The van der Waals surface area contributed by atoms with E-state index in [1.807, 2.05) is 6.07 Å². The highest BCUT2D eigenvalue weighted by Gasteiger charge is 2.10. The summed E-state index contributed by atoms with van der Waals surface area (Å²) in [5.41, 5.74) is 2.31. The van der Waals surface area contributed by atoms with Crippen LogP contribution in [0.4, 0.5) is 0 Å². The number of aromatic amines is 1. The molecule has 2 rings (SSSR count). The third-order valence-electron chi connectivity index (χ3n) is 2.87. The van der Waals surface area contributed by atoms with E-state index in [0.717, 1.165) is 5.56 Å². The van der Waals surface area contributed by atoms with Crippen molar-refractivity contribution in [1.29, 1.82) is 5.26 Å². The number of rotatable bonds is 4. The van der Waals surface area contributed by atoms with E-state index in [1.54, 1.807) is 24.3 Å². The van der Waals surface area contributed by atoms with Crippen molar-refractivity contribution in [3.8, 4) is 6.07 Å². The molecular formula is C15H13N3O2. The maximum atomic E-state index is 11.9. The van der Waals surface area contributed by atoms with Gasteiger partial charge in [-0.25, -0.2) is 0 Å². The van der Waals surface area contributed by atoms with Crippen molar-refractivity contribution < 1.29 is 9.59 Å². The molecule has 0 bridgehead atoms. The average Bonchev–Trinajstić information content (AvgIpc) is 2.95. The van der Waals surface area contributed by atoms with Crippen LogP contribution in [0.3, 0.4) is 0 Å². The Hall–Kier alpha value is -2.87. The van der Waals surface area contributed by atoms with Gasteiger partial charge in [0.15, 0.2) is 5.78 Å². The molecule has 0 saturated carbocycles. The zero-order valence-corrected chi connectivity index (χ0v) is 10.9. The molecule has 0 aliphatic heterocycles. The van der Waals surface area contributed by atoms with E-state index in [-0.39, 0.29) is 11.7 Å². The number of nitriles is 1. The van der Waals surface area contributed by atoms with Crippen LogP contribution in [-0.4, -0.2) is 16.7 Å². The monoisotopic (exact) mass is 267 g/mol. The van der Waals surface area contributed by atoms with Gasteiger partial charge in [0.1, 0.15) is 5.69 Å². The quantitative estimate of drug-likeness (QED) is 0.831. The fraction of sp³-hybridized carbons (Fsp3) is 0.133. The molecule has 0 aliphatic carbocycles. The largest absolute Gasteiger partial charge is 0.356 e. The lowest BCUT2D eigenvalue weighted by Gasteiger charge is -2.03. The van der Waals surface area contributed by atoms with Crippen molar-refractivity contribution in [2.24, 2.45) is 0 Å². The Morgan fingerprint density at radius 2 is 2.00 bits per heavy atom. The predicted molar refractivity (Wildman–Crippen MR) is 73.1 cm³/mol. The van der Waals surface area contributed by atoms with Crippen LogP contribution in [0.5, 0.6) is 0 Å². The maximum Gasteiger partial charge on any atom is 0.267 e. The zero-order chi connectivity index (χ0) is 14.5. The lowest BCUT2D eigenvalue weighted by molar-refractivity contribution is 0.0946. The summed E-state index contributed by atoms with van der Waals surface area (Å²) in [6.45, 7) is 1.81. The van der Waals surface area contributed by atoms with Crippen LogP contribution in [0.2, 0.25) is 0 Å². The average molecular weight is 267 g/mol. The maximum absolute atomic E-state index is 11.9. The standard InChI is InChI=1S/C15H13N3O2/c1-10(19)13-6-14(17-9-13)15(20)18-8-12-4-2-11(7-16)3-5-12/h2-6,9,17H,8H2,1H3,(H,18,20). The number of H-pyrrole nitrogens is 1. The van der Waals surface area contributed by atoms with Gasteiger partial charge in [-0.1, -0.05) is 12.1 Å². The molecule has 0 unspecified atom stereocenters. The van der Waals surface area contributed by atoms with Crippen LogP contribution in [0.25, 0.3) is 0 Å². The van der Waals surface area contributed by atoms with Crippen molar-refractivity contribution in [3.63, 3.8) is 0 Å². The lowest BCUT2D eigenvalue weighted by atomic mass is 10.1. The van der Waals surface area contributed by atoms with E-state index >= 15 is 0 Å². The molecule has 20 heavy (non-hydrogen) atoms. The van der Waals surface area contributed by atoms with Crippen molar-refractivity contribution >= 4 is 11.7 Å². The second-order valence-corrected chi connectivity index (χ2v) is 4.35. The summed E-state index contributed by atoms with van der Waals surface area (Å²) in [5.74, 6) is -0.366. The molecule has 0 aliphatic rings. The highest BCUT2D eigenvalue weighted by Crippen LogP contribution is 2.06. The first kappa shape index (κ1) is 13.6. The minimum Gasteiger partial charge on any atom is -0.356 e. The van der Waals surface area contributed by atoms with Gasteiger partial charge in [-0.2, -0.15) is 5.26 Å². The van der Waals surface area contributed by atoms with Gasteiger partial charge in [-0.05, 0) is 30.7 Å². The van der Waals surface area contributed by atoms with Crippen LogP contribution >= 0.6 is 0 Å². The van der Waals surface area contributed by atoms with Gasteiger partial charge in [0, 0.05) is 18.3 Å². The van der Waals surface area contributed by atoms with E-state index in [4.69, 9.17) is 5.26 Å². The van der Waals surface area contributed by atoms with Gasteiger partial charge < -0.3 is 10.3 Å².